The van der Waals surface area contributed by atoms with Crippen LogP contribution in [0, 0.1) is 5.92 Å². The molecule has 0 saturated heterocycles. The van der Waals surface area contributed by atoms with Gasteiger partial charge in [-0.05, 0) is 0 Å². The third-order valence-electron chi connectivity index (χ3n) is 2.09. The van der Waals surface area contributed by atoms with Crippen LogP contribution in [0.2, 0.25) is 0 Å². The van der Waals surface area contributed by atoms with Gasteiger partial charge in [0, 0.05) is 12.8 Å². The van der Waals surface area contributed by atoms with Crippen molar-refractivity contribution in [3.63, 3.8) is 0 Å². The minimum Gasteiger partial charge on any atom is -0.480 e. The second kappa shape index (κ2) is 6.34. The van der Waals surface area contributed by atoms with Crippen LogP contribution >= 0.6 is 0 Å². The Labute approximate surface area is 104 Å². The van der Waals surface area contributed by atoms with Gasteiger partial charge in [0.2, 0.25) is 11.8 Å². The number of carboxylic acids is 1. The Kier molecular flexibility index (Phi) is 5.76. The Morgan fingerprint density at radius 3 is 2.11 bits per heavy atom. The first-order valence-corrected chi connectivity index (χ1v) is 6.87. The molecule has 0 aliphatic carbocycles. The quantitative estimate of drug-likeness (QED) is 0.497. The van der Waals surface area contributed by atoms with Crippen molar-refractivity contribution in [3.8, 4) is 0 Å². The standard InChI is InChI=1S/C9H16N2O6S/c1-5(8(10)13)3-18(16,17)4-7(9(14)15)11-6(2)12/h5,7H,3-4H2,1-2H3,(H2,10,13)(H,11,12)(H,14,15)/t5?,7-/m0/s1. The number of rotatable bonds is 7. The van der Waals surface area contributed by atoms with Crippen molar-refractivity contribution in [2.24, 2.45) is 11.7 Å². The van der Waals surface area contributed by atoms with Gasteiger partial charge in [-0.3, -0.25) is 9.59 Å². The van der Waals surface area contributed by atoms with Crippen LogP contribution in [0.15, 0.2) is 0 Å². The molecule has 0 aromatic heterocycles. The molecule has 2 atom stereocenters. The van der Waals surface area contributed by atoms with E-state index in [-0.39, 0.29) is 0 Å². The van der Waals surface area contributed by atoms with Crippen LogP contribution in [-0.4, -0.2) is 48.9 Å². The molecule has 2 amide bonds. The Balaban J connectivity index is 4.76. The van der Waals surface area contributed by atoms with E-state index in [1.165, 1.54) is 6.92 Å². The van der Waals surface area contributed by atoms with Crippen molar-refractivity contribution in [1.29, 1.82) is 0 Å². The highest BCUT2D eigenvalue weighted by atomic mass is 32.2. The molecule has 9 heteroatoms. The van der Waals surface area contributed by atoms with Gasteiger partial charge in [-0.2, -0.15) is 0 Å². The molecule has 104 valence electrons. The van der Waals surface area contributed by atoms with Crippen LogP contribution in [0.5, 0.6) is 0 Å². The van der Waals surface area contributed by atoms with Crippen LogP contribution in [0.3, 0.4) is 0 Å². The van der Waals surface area contributed by atoms with E-state index >= 15 is 0 Å². The van der Waals surface area contributed by atoms with Crippen LogP contribution in [0.1, 0.15) is 13.8 Å². The molecule has 8 nitrogen and oxygen atoms in total. The maximum absolute atomic E-state index is 11.6. The smallest absolute Gasteiger partial charge is 0.327 e. The number of carbonyl (C=O) groups excluding carboxylic acids is 2. The van der Waals surface area contributed by atoms with E-state index < -0.39 is 51.1 Å². The normalized spacial score (nSPS) is 14.6. The molecular weight excluding hydrogens is 264 g/mol. The average Bonchev–Trinajstić information content (AvgIpc) is 2.14. The summed E-state index contributed by atoms with van der Waals surface area (Å²) < 4.78 is 23.2. The highest BCUT2D eigenvalue weighted by molar-refractivity contribution is 7.91. The van der Waals surface area contributed by atoms with Crippen molar-refractivity contribution < 1.29 is 27.9 Å². The van der Waals surface area contributed by atoms with Gasteiger partial charge in [-0.25, -0.2) is 13.2 Å². The van der Waals surface area contributed by atoms with E-state index in [4.69, 9.17) is 10.8 Å². The first kappa shape index (κ1) is 16.4. The number of sulfone groups is 1. The lowest BCUT2D eigenvalue weighted by molar-refractivity contribution is -0.140. The van der Waals surface area contributed by atoms with Gasteiger partial charge in [-0.1, -0.05) is 6.92 Å². The molecule has 0 aromatic carbocycles. The topological polar surface area (TPSA) is 144 Å². The number of hydrogen-bond donors (Lipinski definition) is 3. The van der Waals surface area contributed by atoms with Crippen molar-refractivity contribution in [1.82, 2.24) is 5.32 Å². The summed E-state index contributed by atoms with van der Waals surface area (Å²) in [6, 6.07) is -1.53. The number of amides is 2. The van der Waals surface area contributed by atoms with Gasteiger partial charge in [0.1, 0.15) is 6.04 Å². The predicted octanol–water partition coefficient (Wildman–Crippen LogP) is -1.89. The molecule has 0 aliphatic heterocycles. The van der Waals surface area contributed by atoms with Gasteiger partial charge in [0.15, 0.2) is 9.84 Å². The minimum absolute atomic E-state index is 0.550. The van der Waals surface area contributed by atoms with Crippen LogP contribution in [0.4, 0.5) is 0 Å². The number of nitrogens with two attached hydrogens (primary N) is 1. The molecule has 0 rings (SSSR count). The molecule has 1 unspecified atom stereocenters. The molecule has 0 aliphatic rings. The lowest BCUT2D eigenvalue weighted by atomic mass is 10.2. The summed E-state index contributed by atoms with van der Waals surface area (Å²) in [7, 11) is -3.81. The number of hydrogen-bond acceptors (Lipinski definition) is 5. The Morgan fingerprint density at radius 2 is 1.78 bits per heavy atom. The highest BCUT2D eigenvalue weighted by Crippen LogP contribution is 2.04. The van der Waals surface area contributed by atoms with E-state index in [0.717, 1.165) is 6.92 Å². The summed E-state index contributed by atoms with van der Waals surface area (Å²) in [6.07, 6.45) is 0. The Morgan fingerprint density at radius 1 is 1.28 bits per heavy atom. The molecule has 18 heavy (non-hydrogen) atoms. The van der Waals surface area contributed by atoms with E-state index in [0.29, 0.717) is 0 Å². The number of primary amides is 1. The number of nitrogens with one attached hydrogen (secondary N) is 1. The van der Waals surface area contributed by atoms with Crippen LogP contribution < -0.4 is 11.1 Å². The highest BCUT2D eigenvalue weighted by Gasteiger charge is 2.28. The summed E-state index contributed by atoms with van der Waals surface area (Å²) in [5, 5.41) is 10.8. The van der Waals surface area contributed by atoms with E-state index in [2.05, 4.69) is 0 Å². The van der Waals surface area contributed by atoms with Gasteiger partial charge >= 0.3 is 5.97 Å². The maximum atomic E-state index is 11.6. The van der Waals surface area contributed by atoms with Gasteiger partial charge in [-0.15, -0.1) is 0 Å². The fraction of sp³-hybridized carbons (Fsp3) is 0.667. The van der Waals surface area contributed by atoms with Crippen molar-refractivity contribution >= 4 is 27.6 Å². The largest absolute Gasteiger partial charge is 0.480 e. The molecular formula is C9H16N2O6S. The monoisotopic (exact) mass is 280 g/mol. The van der Waals surface area contributed by atoms with Gasteiger partial charge in [0.05, 0.1) is 11.5 Å². The first-order valence-electron chi connectivity index (χ1n) is 5.05. The fourth-order valence-corrected chi connectivity index (χ4v) is 3.00. The molecule has 0 radical (unpaired) electrons. The fourth-order valence-electron chi connectivity index (χ4n) is 1.21. The number of carbonyl (C=O) groups is 3. The molecule has 0 saturated carbocycles. The average molecular weight is 280 g/mol. The number of aliphatic carboxylic acids is 1. The molecule has 0 aromatic rings. The molecule has 4 N–H and O–H groups in total. The summed E-state index contributed by atoms with van der Waals surface area (Å²) in [5.41, 5.74) is 4.93. The minimum atomic E-state index is -3.81. The predicted molar refractivity (Wildman–Crippen MR) is 62.3 cm³/mol. The van der Waals surface area contributed by atoms with Crippen molar-refractivity contribution in [2.45, 2.75) is 19.9 Å². The third-order valence-corrected chi connectivity index (χ3v) is 3.93. The molecule has 0 heterocycles. The van der Waals surface area contributed by atoms with Gasteiger partial charge in [0.25, 0.3) is 0 Å². The lowest BCUT2D eigenvalue weighted by Gasteiger charge is -2.14. The zero-order valence-corrected chi connectivity index (χ0v) is 10.9. The van der Waals surface area contributed by atoms with Crippen LogP contribution in [0.25, 0.3) is 0 Å². The van der Waals surface area contributed by atoms with Crippen molar-refractivity contribution in [2.75, 3.05) is 11.5 Å². The Bertz CT molecular complexity index is 444. The zero-order valence-electron chi connectivity index (χ0n) is 10.0. The van der Waals surface area contributed by atoms with E-state index in [1.54, 1.807) is 0 Å². The second-order valence-corrected chi connectivity index (χ2v) is 6.13. The molecule has 0 fully saturated rings. The molecule has 0 bridgehead atoms. The third kappa shape index (κ3) is 6.18. The van der Waals surface area contributed by atoms with Gasteiger partial charge < -0.3 is 16.2 Å². The molecule has 0 spiro atoms. The van der Waals surface area contributed by atoms with E-state index in [9.17, 15) is 22.8 Å². The maximum Gasteiger partial charge on any atom is 0.327 e. The van der Waals surface area contributed by atoms with Crippen molar-refractivity contribution in [3.05, 3.63) is 0 Å². The summed E-state index contributed by atoms with van der Waals surface area (Å²) >= 11 is 0. The lowest BCUT2D eigenvalue weighted by Crippen LogP contribution is -2.45. The SMILES string of the molecule is CC(=O)N[C@@H](CS(=O)(=O)CC(C)C(N)=O)C(=O)O. The first-order chi connectivity index (χ1) is 8.05. The Hall–Kier alpha value is -1.64. The second-order valence-electron chi connectivity index (χ2n) is 3.97. The number of carboxylic acid groups (broad SMARTS) is 1. The summed E-state index contributed by atoms with van der Waals surface area (Å²) in [6.45, 7) is 2.41. The zero-order chi connectivity index (χ0) is 14.5. The van der Waals surface area contributed by atoms with E-state index in [1.807, 2.05) is 5.32 Å². The summed E-state index contributed by atoms with van der Waals surface area (Å²) in [4.78, 5) is 32.2. The summed E-state index contributed by atoms with van der Waals surface area (Å²) in [5.74, 6) is -5.14. The van der Waals surface area contributed by atoms with Crippen LogP contribution in [-0.2, 0) is 24.2 Å².